The van der Waals surface area contributed by atoms with Crippen molar-refractivity contribution in [3.05, 3.63) is 59.1 Å². The van der Waals surface area contributed by atoms with Gasteiger partial charge in [-0.2, -0.15) is 0 Å². The van der Waals surface area contributed by atoms with E-state index in [9.17, 15) is 4.79 Å². The maximum Gasteiger partial charge on any atom is 0.370 e. The number of benzene rings is 2. The largest absolute Gasteiger partial charge is 0.466 e. The molecule has 0 aromatic heterocycles. The molecule has 0 bridgehead atoms. The molecule has 4 nitrogen and oxygen atoms in total. The summed E-state index contributed by atoms with van der Waals surface area (Å²) in [5, 5.41) is 0. The third-order valence-corrected chi connectivity index (χ3v) is 4.05. The predicted molar refractivity (Wildman–Crippen MR) is 92.1 cm³/mol. The SMILES string of the molecule is COC(=O)C1=Cc2c(cccc2-c2ccc(C)cc2)B1OCN. The Bertz CT molecular complexity index is 768. The van der Waals surface area contributed by atoms with E-state index in [0.717, 1.165) is 22.2 Å². The monoisotopic (exact) mass is 307 g/mol. The zero-order chi connectivity index (χ0) is 16.4. The van der Waals surface area contributed by atoms with Crippen LogP contribution in [0.5, 0.6) is 0 Å². The molecule has 2 aromatic carbocycles. The first-order chi connectivity index (χ1) is 11.2. The van der Waals surface area contributed by atoms with Gasteiger partial charge < -0.3 is 15.1 Å². The molecule has 0 saturated carbocycles. The fourth-order valence-electron chi connectivity index (χ4n) is 2.92. The van der Waals surface area contributed by atoms with Crippen molar-refractivity contribution < 1.29 is 14.2 Å². The molecule has 116 valence electrons. The Morgan fingerprint density at radius 2 is 1.91 bits per heavy atom. The van der Waals surface area contributed by atoms with Crippen molar-refractivity contribution in [2.75, 3.05) is 13.8 Å². The fraction of sp³-hybridized carbons (Fsp3) is 0.167. The highest BCUT2D eigenvalue weighted by molar-refractivity contribution is 6.82. The fourth-order valence-corrected chi connectivity index (χ4v) is 2.92. The molecule has 0 saturated heterocycles. The van der Waals surface area contributed by atoms with Gasteiger partial charge in [-0.05, 0) is 29.1 Å². The highest BCUT2D eigenvalue weighted by atomic mass is 16.5. The lowest BCUT2D eigenvalue weighted by molar-refractivity contribution is -0.135. The molecule has 2 N–H and O–H groups in total. The Morgan fingerprint density at radius 1 is 1.17 bits per heavy atom. The molecule has 0 unspecified atom stereocenters. The van der Waals surface area contributed by atoms with Crippen molar-refractivity contribution in [1.29, 1.82) is 0 Å². The van der Waals surface area contributed by atoms with Crippen molar-refractivity contribution in [2.45, 2.75) is 6.92 Å². The van der Waals surface area contributed by atoms with Gasteiger partial charge in [0.2, 0.25) is 0 Å². The Morgan fingerprint density at radius 3 is 2.57 bits per heavy atom. The van der Waals surface area contributed by atoms with E-state index in [2.05, 4.69) is 31.2 Å². The number of hydrogen-bond donors (Lipinski definition) is 1. The van der Waals surface area contributed by atoms with Gasteiger partial charge in [0.15, 0.2) is 0 Å². The van der Waals surface area contributed by atoms with Gasteiger partial charge in [-0.15, -0.1) is 0 Å². The third-order valence-electron chi connectivity index (χ3n) is 4.05. The van der Waals surface area contributed by atoms with Gasteiger partial charge in [-0.25, -0.2) is 4.79 Å². The van der Waals surface area contributed by atoms with Crippen LogP contribution in [0.3, 0.4) is 0 Å². The van der Waals surface area contributed by atoms with Crippen LogP contribution in [0.2, 0.25) is 0 Å². The molecule has 1 aliphatic rings. The number of carbonyl (C=O) groups excluding carboxylic acids is 1. The van der Waals surface area contributed by atoms with Gasteiger partial charge in [0.25, 0.3) is 0 Å². The highest BCUT2D eigenvalue weighted by Crippen LogP contribution is 2.30. The molecule has 0 fully saturated rings. The molecular weight excluding hydrogens is 289 g/mol. The third kappa shape index (κ3) is 2.81. The maximum atomic E-state index is 12.0. The van der Waals surface area contributed by atoms with Crippen LogP contribution >= 0.6 is 0 Å². The van der Waals surface area contributed by atoms with E-state index in [1.807, 2.05) is 24.3 Å². The average molecular weight is 307 g/mol. The smallest absolute Gasteiger partial charge is 0.370 e. The van der Waals surface area contributed by atoms with E-state index in [4.69, 9.17) is 15.1 Å². The van der Waals surface area contributed by atoms with Gasteiger partial charge in [-0.1, -0.05) is 54.1 Å². The minimum Gasteiger partial charge on any atom is -0.466 e. The highest BCUT2D eigenvalue weighted by Gasteiger charge is 2.36. The zero-order valence-corrected chi connectivity index (χ0v) is 13.2. The number of aryl methyl sites for hydroxylation is 1. The van der Waals surface area contributed by atoms with Crippen LogP contribution in [0.1, 0.15) is 11.1 Å². The van der Waals surface area contributed by atoms with Crippen LogP contribution in [0.4, 0.5) is 0 Å². The number of ether oxygens (including phenoxy) is 1. The van der Waals surface area contributed by atoms with E-state index in [-0.39, 0.29) is 6.73 Å². The quantitative estimate of drug-likeness (QED) is 0.532. The molecule has 1 heterocycles. The van der Waals surface area contributed by atoms with Crippen molar-refractivity contribution in [2.24, 2.45) is 5.73 Å². The van der Waals surface area contributed by atoms with Gasteiger partial charge in [0, 0.05) is 5.47 Å². The van der Waals surface area contributed by atoms with E-state index < -0.39 is 12.9 Å². The minimum atomic E-state index is -0.479. The number of nitrogens with two attached hydrogens (primary N) is 1. The second-order valence-electron chi connectivity index (χ2n) is 5.48. The molecule has 0 atom stereocenters. The first-order valence-electron chi connectivity index (χ1n) is 7.47. The molecule has 0 radical (unpaired) electrons. The van der Waals surface area contributed by atoms with E-state index in [0.29, 0.717) is 5.47 Å². The van der Waals surface area contributed by atoms with Crippen LogP contribution in [0, 0.1) is 6.92 Å². The average Bonchev–Trinajstić information content (AvgIpc) is 2.94. The second kappa shape index (κ2) is 6.40. The second-order valence-corrected chi connectivity index (χ2v) is 5.48. The van der Waals surface area contributed by atoms with Crippen LogP contribution in [0.15, 0.2) is 47.9 Å². The van der Waals surface area contributed by atoms with Crippen molar-refractivity contribution in [3.63, 3.8) is 0 Å². The number of fused-ring (bicyclic) bond motifs is 1. The van der Waals surface area contributed by atoms with Gasteiger partial charge >= 0.3 is 12.9 Å². The van der Waals surface area contributed by atoms with Gasteiger partial charge in [-0.3, -0.25) is 0 Å². The lowest BCUT2D eigenvalue weighted by atomic mass is 9.57. The van der Waals surface area contributed by atoms with Crippen LogP contribution in [0.25, 0.3) is 17.2 Å². The summed E-state index contributed by atoms with van der Waals surface area (Å²) in [6.45, 7) is 1.61. The summed E-state index contributed by atoms with van der Waals surface area (Å²) in [4.78, 5) is 12.0. The van der Waals surface area contributed by atoms with Crippen molar-refractivity contribution >= 4 is 24.4 Å². The maximum absolute atomic E-state index is 12.0. The molecule has 3 rings (SSSR count). The lowest BCUT2D eigenvalue weighted by Gasteiger charge is -2.13. The first-order valence-corrected chi connectivity index (χ1v) is 7.47. The predicted octanol–water partition coefficient (Wildman–Crippen LogP) is 1.90. The Kier molecular flexibility index (Phi) is 4.32. The van der Waals surface area contributed by atoms with Gasteiger partial charge in [0.1, 0.15) is 0 Å². The van der Waals surface area contributed by atoms with Crippen molar-refractivity contribution in [3.8, 4) is 11.1 Å². The summed E-state index contributed by atoms with van der Waals surface area (Å²) in [6.07, 6.45) is 1.84. The van der Waals surface area contributed by atoms with Gasteiger partial charge in [0.05, 0.1) is 13.8 Å². The molecule has 2 aromatic rings. The van der Waals surface area contributed by atoms with Crippen LogP contribution < -0.4 is 11.2 Å². The summed E-state index contributed by atoms with van der Waals surface area (Å²) < 4.78 is 10.5. The Balaban J connectivity index is 2.12. The molecule has 0 aliphatic carbocycles. The number of rotatable bonds is 4. The molecule has 5 heteroatoms. The number of carbonyl (C=O) groups is 1. The standard InChI is InChI=1S/C18H18BNO3/c1-12-6-8-13(9-7-12)14-4-3-5-16-15(14)10-17(18(21)22-2)19(16)23-11-20/h3-10H,11,20H2,1-2H3. The Hall–Kier alpha value is -2.37. The first kappa shape index (κ1) is 15.5. The summed E-state index contributed by atoms with van der Waals surface area (Å²) in [5.74, 6) is -0.394. The minimum absolute atomic E-state index is 0.0349. The summed E-state index contributed by atoms with van der Waals surface area (Å²) in [5.41, 5.74) is 11.3. The number of methoxy groups -OCH3 is 1. The van der Waals surface area contributed by atoms with E-state index >= 15 is 0 Å². The lowest BCUT2D eigenvalue weighted by Crippen LogP contribution is -2.38. The topological polar surface area (TPSA) is 61.5 Å². The summed E-state index contributed by atoms with van der Waals surface area (Å²) in [6, 6.07) is 14.3. The summed E-state index contributed by atoms with van der Waals surface area (Å²) in [7, 11) is 1.37. The molecule has 23 heavy (non-hydrogen) atoms. The van der Waals surface area contributed by atoms with Crippen LogP contribution in [-0.4, -0.2) is 26.7 Å². The van der Waals surface area contributed by atoms with E-state index in [1.165, 1.54) is 12.7 Å². The van der Waals surface area contributed by atoms with Crippen molar-refractivity contribution in [1.82, 2.24) is 0 Å². The van der Waals surface area contributed by atoms with E-state index in [1.54, 1.807) is 0 Å². The zero-order valence-electron chi connectivity index (χ0n) is 13.2. The Labute approximate surface area is 136 Å². The molecule has 0 amide bonds. The normalized spacial score (nSPS) is 12.8. The number of esters is 1. The number of hydrogen-bond acceptors (Lipinski definition) is 4. The molecule has 1 aliphatic heterocycles. The summed E-state index contributed by atoms with van der Waals surface area (Å²) >= 11 is 0. The molecular formula is C18H18BNO3. The molecule has 0 spiro atoms. The van der Waals surface area contributed by atoms with Crippen LogP contribution in [-0.2, 0) is 14.2 Å².